The summed E-state index contributed by atoms with van der Waals surface area (Å²) in [6, 6.07) is 13.0. The molecule has 0 aliphatic heterocycles. The molecule has 112 valence electrons. The lowest BCUT2D eigenvalue weighted by Gasteiger charge is -2.09. The van der Waals surface area contributed by atoms with Crippen LogP contribution >= 0.6 is 0 Å². The zero-order chi connectivity index (χ0) is 15.2. The number of hydrogen-bond acceptors (Lipinski definition) is 2. The Bertz CT molecular complexity index is 622. The van der Waals surface area contributed by atoms with Crippen molar-refractivity contribution in [3.8, 4) is 0 Å². The van der Waals surface area contributed by atoms with Crippen LogP contribution in [0.4, 0.5) is 0 Å². The quantitative estimate of drug-likeness (QED) is 0.768. The lowest BCUT2D eigenvalue weighted by Crippen LogP contribution is -2.22. The van der Waals surface area contributed by atoms with Gasteiger partial charge in [0.1, 0.15) is 0 Å². The van der Waals surface area contributed by atoms with E-state index in [0.29, 0.717) is 6.42 Å². The summed E-state index contributed by atoms with van der Waals surface area (Å²) in [5, 5.41) is 2.46. The normalized spacial score (nSPS) is 12.5. The summed E-state index contributed by atoms with van der Waals surface area (Å²) in [6.07, 6.45) is 3.98. The SMILES string of the molecule is C[C@@H](Cc1ccc2cc(CCCCN)ccc2c1)C(N)=O. The largest absolute Gasteiger partial charge is 0.369 e. The van der Waals surface area contributed by atoms with Crippen LogP contribution in [0.1, 0.15) is 30.9 Å². The molecule has 3 nitrogen and oxygen atoms in total. The van der Waals surface area contributed by atoms with Crippen molar-refractivity contribution in [2.45, 2.75) is 32.6 Å². The molecule has 0 unspecified atom stereocenters. The molecule has 0 radical (unpaired) electrons. The fourth-order valence-corrected chi connectivity index (χ4v) is 2.55. The van der Waals surface area contributed by atoms with Gasteiger partial charge in [-0.3, -0.25) is 4.79 Å². The Labute approximate surface area is 126 Å². The number of nitrogens with two attached hydrogens (primary N) is 2. The van der Waals surface area contributed by atoms with Gasteiger partial charge in [-0.15, -0.1) is 0 Å². The van der Waals surface area contributed by atoms with E-state index in [1.165, 1.54) is 16.3 Å². The second kappa shape index (κ2) is 7.23. The van der Waals surface area contributed by atoms with Crippen LogP contribution in [0, 0.1) is 5.92 Å². The van der Waals surface area contributed by atoms with E-state index < -0.39 is 0 Å². The van der Waals surface area contributed by atoms with E-state index in [-0.39, 0.29) is 11.8 Å². The molecule has 0 aliphatic carbocycles. The van der Waals surface area contributed by atoms with Crippen molar-refractivity contribution in [3.63, 3.8) is 0 Å². The molecule has 0 heterocycles. The van der Waals surface area contributed by atoms with Gasteiger partial charge in [-0.1, -0.05) is 43.3 Å². The first-order chi connectivity index (χ1) is 10.1. The zero-order valence-corrected chi connectivity index (χ0v) is 12.6. The van der Waals surface area contributed by atoms with Crippen LogP contribution in [-0.2, 0) is 17.6 Å². The summed E-state index contributed by atoms with van der Waals surface area (Å²) in [4.78, 5) is 11.2. The first kappa shape index (κ1) is 15.5. The van der Waals surface area contributed by atoms with E-state index in [1.54, 1.807) is 0 Å². The molecular formula is C18H24N2O. The molecule has 1 atom stereocenters. The van der Waals surface area contributed by atoms with E-state index in [9.17, 15) is 4.79 Å². The lowest BCUT2D eigenvalue weighted by atomic mass is 9.96. The van der Waals surface area contributed by atoms with E-state index in [4.69, 9.17) is 11.5 Å². The topological polar surface area (TPSA) is 69.1 Å². The Balaban J connectivity index is 2.13. The Hall–Kier alpha value is -1.87. The second-order valence-corrected chi connectivity index (χ2v) is 5.77. The van der Waals surface area contributed by atoms with E-state index >= 15 is 0 Å². The first-order valence-corrected chi connectivity index (χ1v) is 7.61. The zero-order valence-electron chi connectivity index (χ0n) is 12.6. The molecule has 21 heavy (non-hydrogen) atoms. The van der Waals surface area contributed by atoms with Crippen LogP contribution in [-0.4, -0.2) is 12.5 Å². The monoisotopic (exact) mass is 284 g/mol. The number of amides is 1. The molecule has 1 amide bonds. The maximum atomic E-state index is 11.2. The Morgan fingerprint density at radius 3 is 2.29 bits per heavy atom. The van der Waals surface area contributed by atoms with Gasteiger partial charge >= 0.3 is 0 Å². The van der Waals surface area contributed by atoms with Crippen LogP contribution in [0.15, 0.2) is 36.4 Å². The highest BCUT2D eigenvalue weighted by Crippen LogP contribution is 2.20. The fraction of sp³-hybridized carbons (Fsp3) is 0.389. The predicted octanol–water partition coefficient (Wildman–Crippen LogP) is 2.79. The van der Waals surface area contributed by atoms with Crippen LogP contribution in [0.3, 0.4) is 0 Å². The molecule has 2 rings (SSSR count). The maximum absolute atomic E-state index is 11.2. The predicted molar refractivity (Wildman–Crippen MR) is 88.0 cm³/mol. The van der Waals surface area contributed by atoms with Gasteiger partial charge < -0.3 is 11.5 Å². The van der Waals surface area contributed by atoms with Gasteiger partial charge in [-0.25, -0.2) is 0 Å². The molecule has 0 saturated carbocycles. The van der Waals surface area contributed by atoms with Crippen molar-refractivity contribution in [1.29, 1.82) is 0 Å². The average Bonchev–Trinajstić information content (AvgIpc) is 2.47. The minimum Gasteiger partial charge on any atom is -0.369 e. The van der Waals surface area contributed by atoms with E-state index in [2.05, 4.69) is 36.4 Å². The molecule has 0 saturated heterocycles. The van der Waals surface area contributed by atoms with Gasteiger partial charge in [-0.2, -0.15) is 0 Å². The van der Waals surface area contributed by atoms with Crippen LogP contribution in [0.2, 0.25) is 0 Å². The number of fused-ring (bicyclic) bond motifs is 1. The van der Waals surface area contributed by atoms with Gasteiger partial charge in [0.05, 0.1) is 0 Å². The Kier molecular flexibility index (Phi) is 5.34. The third kappa shape index (κ3) is 4.30. The van der Waals surface area contributed by atoms with Gasteiger partial charge in [0.25, 0.3) is 0 Å². The second-order valence-electron chi connectivity index (χ2n) is 5.77. The van der Waals surface area contributed by atoms with Gasteiger partial charge in [0, 0.05) is 5.92 Å². The number of hydrogen-bond donors (Lipinski definition) is 2. The number of aryl methyl sites for hydroxylation is 1. The molecule has 2 aromatic carbocycles. The Morgan fingerprint density at radius 2 is 1.67 bits per heavy atom. The highest BCUT2D eigenvalue weighted by atomic mass is 16.1. The fourth-order valence-electron chi connectivity index (χ4n) is 2.55. The molecule has 3 heteroatoms. The van der Waals surface area contributed by atoms with E-state index in [1.807, 2.05) is 6.92 Å². The number of unbranched alkanes of at least 4 members (excludes halogenated alkanes) is 1. The van der Waals surface area contributed by atoms with Gasteiger partial charge in [0.15, 0.2) is 0 Å². The van der Waals surface area contributed by atoms with Crippen LogP contribution < -0.4 is 11.5 Å². The summed E-state index contributed by atoms with van der Waals surface area (Å²) in [5.41, 5.74) is 13.4. The summed E-state index contributed by atoms with van der Waals surface area (Å²) < 4.78 is 0. The van der Waals surface area contributed by atoms with Crippen molar-refractivity contribution >= 4 is 16.7 Å². The summed E-state index contributed by atoms with van der Waals surface area (Å²) in [5.74, 6) is -0.372. The number of carbonyl (C=O) groups excluding carboxylic acids is 1. The molecule has 2 aromatic rings. The summed E-state index contributed by atoms with van der Waals surface area (Å²) in [7, 11) is 0. The number of primary amides is 1. The maximum Gasteiger partial charge on any atom is 0.220 e. The third-order valence-corrected chi connectivity index (χ3v) is 3.92. The van der Waals surface area contributed by atoms with Crippen LogP contribution in [0.5, 0.6) is 0 Å². The molecule has 0 aromatic heterocycles. The highest BCUT2D eigenvalue weighted by Gasteiger charge is 2.09. The number of benzene rings is 2. The minimum atomic E-state index is -0.245. The minimum absolute atomic E-state index is 0.127. The molecule has 0 bridgehead atoms. The van der Waals surface area contributed by atoms with Gasteiger partial charge in [-0.05, 0) is 54.1 Å². The van der Waals surface area contributed by atoms with Crippen molar-refractivity contribution in [2.24, 2.45) is 17.4 Å². The smallest absolute Gasteiger partial charge is 0.220 e. The standard InChI is InChI=1S/C18H24N2O/c1-13(18(20)21)10-15-6-8-16-11-14(4-2-3-9-19)5-7-17(16)12-15/h5-8,11-13H,2-4,9-10,19H2,1H3,(H2,20,21)/t13-/m0/s1. The number of carbonyl (C=O) groups is 1. The summed E-state index contributed by atoms with van der Waals surface area (Å²) in [6.45, 7) is 2.63. The Morgan fingerprint density at radius 1 is 1.05 bits per heavy atom. The first-order valence-electron chi connectivity index (χ1n) is 7.61. The summed E-state index contributed by atoms with van der Waals surface area (Å²) >= 11 is 0. The van der Waals surface area contributed by atoms with Gasteiger partial charge in [0.2, 0.25) is 5.91 Å². The molecule has 4 N–H and O–H groups in total. The molecule has 0 aliphatic rings. The highest BCUT2D eigenvalue weighted by molar-refractivity contribution is 5.84. The third-order valence-electron chi connectivity index (χ3n) is 3.92. The van der Waals surface area contributed by atoms with Crippen molar-refractivity contribution in [3.05, 3.63) is 47.5 Å². The van der Waals surface area contributed by atoms with Crippen LogP contribution in [0.25, 0.3) is 10.8 Å². The average molecular weight is 284 g/mol. The van der Waals surface area contributed by atoms with Crippen molar-refractivity contribution in [1.82, 2.24) is 0 Å². The van der Waals surface area contributed by atoms with E-state index in [0.717, 1.165) is 31.4 Å². The molecule has 0 spiro atoms. The van der Waals surface area contributed by atoms with Crippen molar-refractivity contribution < 1.29 is 4.79 Å². The lowest BCUT2D eigenvalue weighted by molar-refractivity contribution is -0.121. The molecular weight excluding hydrogens is 260 g/mol. The van der Waals surface area contributed by atoms with Crippen molar-refractivity contribution in [2.75, 3.05) is 6.54 Å². The molecule has 0 fully saturated rings. The number of rotatable bonds is 7.